The zero-order valence-electron chi connectivity index (χ0n) is 6.70. The lowest BCUT2D eigenvalue weighted by Crippen LogP contribution is -2.19. The second-order valence-electron chi connectivity index (χ2n) is 3.04. The van der Waals surface area contributed by atoms with E-state index in [-0.39, 0.29) is 11.5 Å². The quantitative estimate of drug-likeness (QED) is 0.630. The first-order chi connectivity index (χ1) is 5.86. The van der Waals surface area contributed by atoms with Crippen molar-refractivity contribution in [3.05, 3.63) is 24.2 Å². The highest BCUT2D eigenvalue weighted by molar-refractivity contribution is 6.20. The number of rotatable bonds is 1. The third-order valence-electron chi connectivity index (χ3n) is 2.13. The lowest BCUT2D eigenvalue weighted by Gasteiger charge is -2.24. The molecule has 66 valence electrons. The minimum atomic E-state index is 0.139. The Labute approximate surface area is 76.5 Å². The number of hydrogen-bond acceptors (Lipinski definition) is 2. The number of hydrogen-bond donors (Lipinski definition) is 0. The molecule has 0 bridgehead atoms. The summed E-state index contributed by atoms with van der Waals surface area (Å²) in [6.07, 6.45) is 5.37. The summed E-state index contributed by atoms with van der Waals surface area (Å²) in [5, 5.41) is 0.249. The normalized spacial score (nSPS) is 30.4. The van der Waals surface area contributed by atoms with Gasteiger partial charge < -0.3 is 9.15 Å². The summed E-state index contributed by atoms with van der Waals surface area (Å²) in [5.74, 6) is 0. The Balaban J connectivity index is 2.04. The van der Waals surface area contributed by atoms with Crippen LogP contribution in [0, 0.1) is 0 Å². The van der Waals surface area contributed by atoms with Gasteiger partial charge in [0.05, 0.1) is 18.6 Å². The molecule has 2 rings (SSSR count). The van der Waals surface area contributed by atoms with E-state index in [4.69, 9.17) is 20.8 Å². The van der Waals surface area contributed by atoms with Crippen molar-refractivity contribution in [2.45, 2.75) is 24.3 Å². The van der Waals surface area contributed by atoms with Crippen molar-refractivity contribution in [1.29, 1.82) is 0 Å². The Bertz CT molecular complexity index is 233. The van der Waals surface area contributed by atoms with Crippen LogP contribution in [0.1, 0.15) is 24.5 Å². The van der Waals surface area contributed by atoms with E-state index in [9.17, 15) is 0 Å². The van der Waals surface area contributed by atoms with Gasteiger partial charge in [-0.2, -0.15) is 0 Å². The van der Waals surface area contributed by atoms with Crippen LogP contribution < -0.4 is 0 Å². The summed E-state index contributed by atoms with van der Waals surface area (Å²) in [7, 11) is 0. The molecule has 0 aliphatic carbocycles. The molecule has 12 heavy (non-hydrogen) atoms. The van der Waals surface area contributed by atoms with Crippen LogP contribution in [-0.4, -0.2) is 12.0 Å². The molecule has 0 radical (unpaired) electrons. The van der Waals surface area contributed by atoms with Crippen molar-refractivity contribution in [3.8, 4) is 0 Å². The van der Waals surface area contributed by atoms with Gasteiger partial charge in [-0.1, -0.05) is 0 Å². The van der Waals surface area contributed by atoms with Gasteiger partial charge in [0.25, 0.3) is 0 Å². The highest BCUT2D eigenvalue weighted by atomic mass is 35.5. The van der Waals surface area contributed by atoms with E-state index >= 15 is 0 Å². The molecule has 0 saturated carbocycles. The van der Waals surface area contributed by atoms with Crippen LogP contribution in [0.25, 0.3) is 0 Å². The van der Waals surface area contributed by atoms with Crippen LogP contribution in [0.4, 0.5) is 0 Å². The SMILES string of the molecule is ClC1CCOC(c2ccoc2)C1. The highest BCUT2D eigenvalue weighted by Gasteiger charge is 2.22. The number of furan rings is 1. The molecule has 0 aromatic carbocycles. The zero-order chi connectivity index (χ0) is 8.39. The maximum absolute atomic E-state index is 6.02. The average Bonchev–Trinajstić information content (AvgIpc) is 2.56. The van der Waals surface area contributed by atoms with Gasteiger partial charge in [0.1, 0.15) is 0 Å². The van der Waals surface area contributed by atoms with Crippen molar-refractivity contribution < 1.29 is 9.15 Å². The Hall–Kier alpha value is -0.470. The van der Waals surface area contributed by atoms with Crippen LogP contribution in [0.3, 0.4) is 0 Å². The first kappa shape index (κ1) is 8.14. The summed E-state index contributed by atoms with van der Waals surface area (Å²) in [6.45, 7) is 0.754. The predicted octanol–water partition coefficient (Wildman–Crippen LogP) is 2.74. The minimum Gasteiger partial charge on any atom is -0.472 e. The molecule has 3 heteroatoms. The molecule has 1 aliphatic heterocycles. The van der Waals surface area contributed by atoms with Crippen molar-refractivity contribution >= 4 is 11.6 Å². The largest absolute Gasteiger partial charge is 0.472 e. The molecule has 0 N–H and O–H groups in total. The molecule has 2 nitrogen and oxygen atoms in total. The third-order valence-corrected chi connectivity index (χ3v) is 2.53. The van der Waals surface area contributed by atoms with E-state index in [0.717, 1.165) is 25.0 Å². The Morgan fingerprint density at radius 2 is 2.42 bits per heavy atom. The molecule has 1 saturated heterocycles. The van der Waals surface area contributed by atoms with Gasteiger partial charge in [0.15, 0.2) is 0 Å². The molecule has 1 aliphatic rings. The molecule has 1 aromatic heterocycles. The standard InChI is InChI=1S/C9H11ClO2/c10-8-2-4-12-9(5-8)7-1-3-11-6-7/h1,3,6,8-9H,2,4-5H2. The topological polar surface area (TPSA) is 22.4 Å². The van der Waals surface area contributed by atoms with Crippen molar-refractivity contribution in [2.24, 2.45) is 0 Å². The van der Waals surface area contributed by atoms with Gasteiger partial charge in [0, 0.05) is 17.5 Å². The molecule has 0 amide bonds. The maximum Gasteiger partial charge on any atom is 0.0960 e. The molecule has 2 unspecified atom stereocenters. The Kier molecular flexibility index (Phi) is 2.38. The summed E-state index contributed by atoms with van der Waals surface area (Å²) in [4.78, 5) is 0. The molecular formula is C9H11ClO2. The summed E-state index contributed by atoms with van der Waals surface area (Å²) in [6, 6.07) is 1.93. The van der Waals surface area contributed by atoms with E-state index in [1.54, 1.807) is 12.5 Å². The van der Waals surface area contributed by atoms with Crippen molar-refractivity contribution in [1.82, 2.24) is 0 Å². The predicted molar refractivity (Wildman–Crippen MR) is 46.3 cm³/mol. The average molecular weight is 187 g/mol. The fourth-order valence-electron chi connectivity index (χ4n) is 1.45. The van der Waals surface area contributed by atoms with Gasteiger partial charge in [-0.05, 0) is 18.9 Å². The van der Waals surface area contributed by atoms with E-state index < -0.39 is 0 Å². The molecule has 2 atom stereocenters. The van der Waals surface area contributed by atoms with E-state index in [0.29, 0.717) is 0 Å². The van der Waals surface area contributed by atoms with Gasteiger partial charge in [-0.3, -0.25) is 0 Å². The van der Waals surface area contributed by atoms with Gasteiger partial charge in [-0.15, -0.1) is 11.6 Å². The third kappa shape index (κ3) is 1.65. The van der Waals surface area contributed by atoms with Crippen LogP contribution in [-0.2, 0) is 4.74 Å². The fraction of sp³-hybridized carbons (Fsp3) is 0.556. The Morgan fingerprint density at radius 3 is 3.08 bits per heavy atom. The summed E-state index contributed by atoms with van der Waals surface area (Å²) >= 11 is 6.02. The minimum absolute atomic E-state index is 0.139. The number of halogens is 1. The molecule has 1 fully saturated rings. The first-order valence-electron chi connectivity index (χ1n) is 4.14. The molecular weight excluding hydrogens is 176 g/mol. The van der Waals surface area contributed by atoms with Crippen LogP contribution in [0.15, 0.2) is 23.0 Å². The van der Waals surface area contributed by atoms with Crippen LogP contribution in [0.2, 0.25) is 0 Å². The highest BCUT2D eigenvalue weighted by Crippen LogP contribution is 2.30. The van der Waals surface area contributed by atoms with Crippen LogP contribution >= 0.6 is 11.6 Å². The Morgan fingerprint density at radius 1 is 1.50 bits per heavy atom. The number of alkyl halides is 1. The molecule has 2 heterocycles. The van der Waals surface area contributed by atoms with E-state index in [1.807, 2.05) is 6.07 Å². The van der Waals surface area contributed by atoms with E-state index in [2.05, 4.69) is 0 Å². The zero-order valence-corrected chi connectivity index (χ0v) is 7.46. The van der Waals surface area contributed by atoms with Gasteiger partial charge in [-0.25, -0.2) is 0 Å². The molecule has 1 aromatic rings. The van der Waals surface area contributed by atoms with Crippen molar-refractivity contribution in [3.63, 3.8) is 0 Å². The maximum atomic E-state index is 6.02. The number of ether oxygens (including phenoxy) is 1. The summed E-state index contributed by atoms with van der Waals surface area (Å²) < 4.78 is 10.5. The lowest BCUT2D eigenvalue weighted by atomic mass is 10.0. The van der Waals surface area contributed by atoms with Crippen LogP contribution in [0.5, 0.6) is 0 Å². The lowest BCUT2D eigenvalue weighted by molar-refractivity contribution is 0.0165. The smallest absolute Gasteiger partial charge is 0.0960 e. The molecule has 0 spiro atoms. The second kappa shape index (κ2) is 3.50. The van der Waals surface area contributed by atoms with Crippen molar-refractivity contribution in [2.75, 3.05) is 6.61 Å². The first-order valence-corrected chi connectivity index (χ1v) is 4.57. The van der Waals surface area contributed by atoms with Gasteiger partial charge >= 0.3 is 0 Å². The second-order valence-corrected chi connectivity index (χ2v) is 3.65. The monoisotopic (exact) mass is 186 g/mol. The summed E-state index contributed by atoms with van der Waals surface area (Å²) in [5.41, 5.74) is 1.10. The fourth-order valence-corrected chi connectivity index (χ4v) is 1.70. The van der Waals surface area contributed by atoms with Gasteiger partial charge in [0.2, 0.25) is 0 Å². The van der Waals surface area contributed by atoms with E-state index in [1.165, 1.54) is 0 Å².